The second-order valence-electron chi connectivity index (χ2n) is 6.70. The Morgan fingerprint density at radius 2 is 1.89 bits per heavy atom. The van der Waals surface area contributed by atoms with Crippen LogP contribution >= 0.6 is 24.8 Å². The molecule has 0 radical (unpaired) electrons. The molecule has 2 atom stereocenters. The molecule has 1 aromatic heterocycles. The number of pyridine rings is 1. The predicted molar refractivity (Wildman–Crippen MR) is 115 cm³/mol. The summed E-state index contributed by atoms with van der Waals surface area (Å²) >= 11 is 0. The smallest absolute Gasteiger partial charge is 0.253 e. The van der Waals surface area contributed by atoms with Gasteiger partial charge in [-0.3, -0.25) is 14.6 Å². The third kappa shape index (κ3) is 6.48. The molecule has 2 amide bonds. The van der Waals surface area contributed by atoms with Crippen LogP contribution < -0.4 is 16.4 Å². The zero-order chi connectivity index (χ0) is 18.4. The Hall–Kier alpha value is -2.15. The fourth-order valence-corrected chi connectivity index (χ4v) is 3.33. The van der Waals surface area contributed by atoms with Gasteiger partial charge < -0.3 is 16.4 Å². The molecule has 4 N–H and O–H groups in total. The van der Waals surface area contributed by atoms with Gasteiger partial charge in [0.15, 0.2) is 0 Å². The minimum atomic E-state index is -0.234. The third-order valence-electron chi connectivity index (χ3n) is 4.79. The van der Waals surface area contributed by atoms with E-state index in [1.807, 2.05) is 12.1 Å². The van der Waals surface area contributed by atoms with E-state index < -0.39 is 0 Å². The molecule has 8 heteroatoms. The summed E-state index contributed by atoms with van der Waals surface area (Å²) in [5.41, 5.74) is 7.92. The van der Waals surface area contributed by atoms with Crippen LogP contribution in [0.15, 0.2) is 48.8 Å². The molecule has 3 rings (SSSR count). The van der Waals surface area contributed by atoms with E-state index in [1.54, 1.807) is 36.7 Å². The number of halogens is 2. The molecule has 0 unspecified atom stereocenters. The first-order valence-electron chi connectivity index (χ1n) is 8.95. The van der Waals surface area contributed by atoms with Gasteiger partial charge in [0.25, 0.3) is 5.91 Å². The van der Waals surface area contributed by atoms with Crippen LogP contribution in [0.25, 0.3) is 0 Å². The zero-order valence-corrected chi connectivity index (χ0v) is 17.1. The van der Waals surface area contributed by atoms with Gasteiger partial charge in [-0.25, -0.2) is 0 Å². The molecule has 0 spiro atoms. The molecule has 0 saturated heterocycles. The Morgan fingerprint density at radius 1 is 1.11 bits per heavy atom. The molecular weight excluding hydrogens is 399 g/mol. The van der Waals surface area contributed by atoms with Gasteiger partial charge in [0.1, 0.15) is 0 Å². The largest absolute Gasteiger partial charge is 0.348 e. The monoisotopic (exact) mass is 424 g/mol. The van der Waals surface area contributed by atoms with Crippen LogP contribution in [-0.2, 0) is 11.3 Å². The summed E-state index contributed by atoms with van der Waals surface area (Å²) in [6.07, 6.45) is 6.83. The summed E-state index contributed by atoms with van der Waals surface area (Å²) in [4.78, 5) is 28.9. The van der Waals surface area contributed by atoms with Crippen molar-refractivity contribution in [1.82, 2.24) is 10.3 Å². The molecule has 1 aliphatic rings. The normalized spacial score (nSPS) is 17.8. The van der Waals surface area contributed by atoms with Gasteiger partial charge in [-0.1, -0.05) is 24.6 Å². The summed E-state index contributed by atoms with van der Waals surface area (Å²) in [6.45, 7) is 0.381. The van der Waals surface area contributed by atoms with Crippen LogP contribution in [0, 0.1) is 5.92 Å². The van der Waals surface area contributed by atoms with E-state index in [2.05, 4.69) is 15.6 Å². The highest BCUT2D eigenvalue weighted by molar-refractivity contribution is 6.03. The average Bonchev–Trinajstić information content (AvgIpc) is 3.05. The maximum absolute atomic E-state index is 12.5. The molecule has 1 saturated carbocycles. The predicted octanol–water partition coefficient (Wildman–Crippen LogP) is 3.31. The molecule has 1 fully saturated rings. The van der Waals surface area contributed by atoms with E-state index in [0.717, 1.165) is 24.8 Å². The SMILES string of the molecule is Cl.Cl.N[C@@H]1CCC[C@H]1CC(=O)Nc1ccccc1C(=O)NCc1cccnc1. The Balaban J connectivity index is 0.00000196. The van der Waals surface area contributed by atoms with Gasteiger partial charge in [0.2, 0.25) is 5.91 Å². The molecule has 2 aromatic rings. The van der Waals surface area contributed by atoms with Crippen LogP contribution in [0.3, 0.4) is 0 Å². The van der Waals surface area contributed by atoms with Gasteiger partial charge in [-0.15, -0.1) is 24.8 Å². The van der Waals surface area contributed by atoms with Crippen LogP contribution in [0.2, 0.25) is 0 Å². The summed E-state index contributed by atoms with van der Waals surface area (Å²) < 4.78 is 0. The number of nitrogens with two attached hydrogens (primary N) is 1. The van der Waals surface area contributed by atoms with Gasteiger partial charge >= 0.3 is 0 Å². The van der Waals surface area contributed by atoms with Crippen LogP contribution in [0.1, 0.15) is 41.6 Å². The molecule has 152 valence electrons. The highest BCUT2D eigenvalue weighted by Gasteiger charge is 2.26. The van der Waals surface area contributed by atoms with E-state index in [9.17, 15) is 9.59 Å². The quantitative estimate of drug-likeness (QED) is 0.662. The fraction of sp³-hybridized carbons (Fsp3) is 0.350. The first-order chi connectivity index (χ1) is 12.6. The van der Waals surface area contributed by atoms with Gasteiger partial charge in [-0.05, 0) is 42.5 Å². The maximum atomic E-state index is 12.5. The number of aromatic nitrogens is 1. The van der Waals surface area contributed by atoms with Crippen molar-refractivity contribution >= 4 is 42.3 Å². The van der Waals surface area contributed by atoms with Crippen LogP contribution in [-0.4, -0.2) is 22.8 Å². The lowest BCUT2D eigenvalue weighted by Gasteiger charge is -2.16. The molecular formula is C20H26Cl2N4O2. The van der Waals surface area contributed by atoms with Crippen molar-refractivity contribution in [2.75, 3.05) is 5.32 Å². The summed E-state index contributed by atoms with van der Waals surface area (Å²) in [5, 5.41) is 5.73. The number of anilines is 1. The number of hydrogen-bond acceptors (Lipinski definition) is 4. The minimum absolute atomic E-state index is 0. The van der Waals surface area contributed by atoms with E-state index in [4.69, 9.17) is 5.73 Å². The Bertz CT molecular complexity index is 774. The molecule has 1 heterocycles. The van der Waals surface area contributed by atoms with Crippen molar-refractivity contribution in [2.45, 2.75) is 38.3 Å². The van der Waals surface area contributed by atoms with E-state index in [1.165, 1.54) is 0 Å². The topological polar surface area (TPSA) is 97.1 Å². The number of carbonyl (C=O) groups excluding carboxylic acids is 2. The van der Waals surface area contributed by atoms with Gasteiger partial charge in [0.05, 0.1) is 11.3 Å². The Labute approximate surface area is 177 Å². The van der Waals surface area contributed by atoms with Gasteiger partial charge in [0, 0.05) is 31.4 Å². The third-order valence-corrected chi connectivity index (χ3v) is 4.79. The fourth-order valence-electron chi connectivity index (χ4n) is 3.33. The average molecular weight is 425 g/mol. The van der Waals surface area contributed by atoms with Crippen molar-refractivity contribution in [3.05, 3.63) is 59.9 Å². The molecule has 28 heavy (non-hydrogen) atoms. The van der Waals surface area contributed by atoms with Crippen molar-refractivity contribution < 1.29 is 9.59 Å². The second kappa shape index (κ2) is 11.6. The molecule has 0 bridgehead atoms. The number of amides is 2. The van der Waals surface area contributed by atoms with Crippen molar-refractivity contribution in [3.8, 4) is 0 Å². The van der Waals surface area contributed by atoms with Crippen molar-refractivity contribution in [2.24, 2.45) is 11.7 Å². The standard InChI is InChI=1S/C20H24N4O2.2ClH/c21-17-8-3-6-15(17)11-19(25)24-18-9-2-1-7-16(18)20(26)23-13-14-5-4-10-22-12-14;;/h1-2,4-5,7,9-10,12,15,17H,3,6,8,11,13,21H2,(H,23,26)(H,24,25);2*1H/t15-,17+;;/m0../s1. The summed E-state index contributed by atoms with van der Waals surface area (Å²) in [7, 11) is 0. The Morgan fingerprint density at radius 3 is 2.57 bits per heavy atom. The Kier molecular flexibility index (Phi) is 9.93. The highest BCUT2D eigenvalue weighted by atomic mass is 35.5. The number of benzene rings is 1. The molecule has 1 aromatic carbocycles. The molecule has 6 nitrogen and oxygen atoms in total. The number of nitrogens with one attached hydrogen (secondary N) is 2. The maximum Gasteiger partial charge on any atom is 0.253 e. The number of carbonyl (C=O) groups is 2. The van der Waals surface area contributed by atoms with E-state index in [-0.39, 0.29) is 48.6 Å². The molecule has 1 aliphatic carbocycles. The first kappa shape index (κ1) is 23.9. The summed E-state index contributed by atoms with van der Waals surface area (Å²) in [6, 6.07) is 10.8. The van der Waals surface area contributed by atoms with Crippen LogP contribution in [0.4, 0.5) is 5.69 Å². The van der Waals surface area contributed by atoms with Crippen LogP contribution in [0.5, 0.6) is 0 Å². The number of rotatable bonds is 6. The lowest BCUT2D eigenvalue weighted by Crippen LogP contribution is -2.29. The van der Waals surface area contributed by atoms with Crippen molar-refractivity contribution in [1.29, 1.82) is 0 Å². The lowest BCUT2D eigenvalue weighted by molar-refractivity contribution is -0.117. The second-order valence-corrected chi connectivity index (χ2v) is 6.70. The minimum Gasteiger partial charge on any atom is -0.348 e. The summed E-state index contributed by atoms with van der Waals surface area (Å²) in [5.74, 6) is -0.108. The highest BCUT2D eigenvalue weighted by Crippen LogP contribution is 2.27. The number of hydrogen-bond donors (Lipinski definition) is 3. The first-order valence-corrected chi connectivity index (χ1v) is 8.95. The van der Waals surface area contributed by atoms with Crippen molar-refractivity contribution in [3.63, 3.8) is 0 Å². The van der Waals surface area contributed by atoms with E-state index in [0.29, 0.717) is 24.2 Å². The number of para-hydroxylation sites is 1. The lowest BCUT2D eigenvalue weighted by atomic mass is 9.99. The zero-order valence-electron chi connectivity index (χ0n) is 15.5. The van der Waals surface area contributed by atoms with E-state index >= 15 is 0 Å². The number of nitrogens with zero attached hydrogens (tertiary/aromatic N) is 1. The molecule has 0 aliphatic heterocycles. The van der Waals surface area contributed by atoms with Gasteiger partial charge in [-0.2, -0.15) is 0 Å².